The minimum atomic E-state index is 0.435. The molecule has 13 heavy (non-hydrogen) atoms. The fourth-order valence-electron chi connectivity index (χ4n) is 1.23. The Hall–Kier alpha value is -0.0800. The van der Waals surface area contributed by atoms with Crippen LogP contribution in [0, 0.1) is 6.42 Å². The molecule has 0 bridgehead atoms. The zero-order chi connectivity index (χ0) is 9.78. The van der Waals surface area contributed by atoms with Crippen molar-refractivity contribution < 1.29 is 9.47 Å². The van der Waals surface area contributed by atoms with Gasteiger partial charge in [-0.2, -0.15) is 0 Å². The van der Waals surface area contributed by atoms with Gasteiger partial charge in [0.1, 0.15) is 6.79 Å². The molecule has 0 aliphatic rings. The second-order valence-corrected chi connectivity index (χ2v) is 3.28. The Kier molecular flexibility index (Phi) is 11.8. The Balaban J connectivity index is 2.76. The fraction of sp³-hybridized carbons (Fsp3) is 0.909. The first kappa shape index (κ1) is 12.9. The third-order valence-corrected chi connectivity index (χ3v) is 1.98. The van der Waals surface area contributed by atoms with Crippen molar-refractivity contribution in [2.24, 2.45) is 0 Å². The van der Waals surface area contributed by atoms with Crippen molar-refractivity contribution in [3.05, 3.63) is 6.42 Å². The quantitative estimate of drug-likeness (QED) is 0.386. The second kappa shape index (κ2) is 11.9. The van der Waals surface area contributed by atoms with Crippen molar-refractivity contribution in [3.63, 3.8) is 0 Å². The highest BCUT2D eigenvalue weighted by Crippen LogP contribution is 2.06. The van der Waals surface area contributed by atoms with Gasteiger partial charge in [0.05, 0.1) is 0 Å². The summed E-state index contributed by atoms with van der Waals surface area (Å²) in [4.78, 5) is 0. The molecule has 0 aromatic carbocycles. The molecule has 0 rings (SSSR count). The molecule has 2 heteroatoms. The highest BCUT2D eigenvalue weighted by molar-refractivity contribution is 4.55. The SMILES string of the molecule is C[CH]CCCCCCCOCOC. The van der Waals surface area contributed by atoms with E-state index in [-0.39, 0.29) is 0 Å². The Labute approximate surface area is 82.6 Å². The summed E-state index contributed by atoms with van der Waals surface area (Å²) in [5.74, 6) is 0. The molecule has 0 fully saturated rings. The third kappa shape index (κ3) is 11.9. The van der Waals surface area contributed by atoms with Crippen LogP contribution in [0.4, 0.5) is 0 Å². The van der Waals surface area contributed by atoms with Crippen LogP contribution in [0.1, 0.15) is 45.4 Å². The molecular formula is C11H23O2. The summed E-state index contributed by atoms with van der Waals surface area (Å²) in [7, 11) is 1.65. The van der Waals surface area contributed by atoms with E-state index >= 15 is 0 Å². The summed E-state index contributed by atoms with van der Waals surface area (Å²) in [6.45, 7) is 3.40. The first-order chi connectivity index (χ1) is 6.41. The highest BCUT2D eigenvalue weighted by Gasteiger charge is 1.90. The predicted octanol–water partition coefficient (Wildman–Crippen LogP) is 3.17. The zero-order valence-corrected chi connectivity index (χ0v) is 9.05. The molecule has 0 heterocycles. The zero-order valence-electron chi connectivity index (χ0n) is 9.05. The topological polar surface area (TPSA) is 18.5 Å². The van der Waals surface area contributed by atoms with E-state index in [1.165, 1.54) is 38.5 Å². The van der Waals surface area contributed by atoms with Gasteiger partial charge in [0.2, 0.25) is 0 Å². The monoisotopic (exact) mass is 187 g/mol. The first-order valence-electron chi connectivity index (χ1n) is 5.26. The van der Waals surface area contributed by atoms with Crippen LogP contribution >= 0.6 is 0 Å². The maximum absolute atomic E-state index is 5.18. The molecule has 0 N–H and O–H groups in total. The number of methoxy groups -OCH3 is 1. The van der Waals surface area contributed by atoms with Crippen LogP contribution in [0.5, 0.6) is 0 Å². The van der Waals surface area contributed by atoms with Crippen LogP contribution in [0.25, 0.3) is 0 Å². The highest BCUT2D eigenvalue weighted by atomic mass is 16.7. The van der Waals surface area contributed by atoms with E-state index in [4.69, 9.17) is 9.47 Å². The molecule has 0 atom stereocenters. The summed E-state index contributed by atoms with van der Waals surface area (Å²) in [6.07, 6.45) is 9.99. The van der Waals surface area contributed by atoms with Crippen molar-refractivity contribution in [1.29, 1.82) is 0 Å². The number of ether oxygens (including phenoxy) is 2. The molecule has 0 aromatic rings. The van der Waals surface area contributed by atoms with Crippen molar-refractivity contribution >= 4 is 0 Å². The average molecular weight is 187 g/mol. The lowest BCUT2D eigenvalue weighted by molar-refractivity contribution is -0.0315. The van der Waals surface area contributed by atoms with E-state index in [1.54, 1.807) is 7.11 Å². The summed E-state index contributed by atoms with van der Waals surface area (Å²) in [6, 6.07) is 0. The molecule has 0 saturated carbocycles. The molecule has 0 unspecified atom stereocenters. The van der Waals surface area contributed by atoms with Crippen molar-refractivity contribution in [2.45, 2.75) is 45.4 Å². The minimum absolute atomic E-state index is 0.435. The van der Waals surface area contributed by atoms with Gasteiger partial charge in [-0.3, -0.25) is 0 Å². The van der Waals surface area contributed by atoms with E-state index in [2.05, 4.69) is 13.3 Å². The smallest absolute Gasteiger partial charge is 0.146 e. The molecule has 79 valence electrons. The number of rotatable bonds is 10. The minimum Gasteiger partial charge on any atom is -0.359 e. The summed E-state index contributed by atoms with van der Waals surface area (Å²) >= 11 is 0. The average Bonchev–Trinajstić information content (AvgIpc) is 2.16. The molecule has 0 spiro atoms. The molecule has 0 amide bonds. The fourth-order valence-corrected chi connectivity index (χ4v) is 1.23. The van der Waals surface area contributed by atoms with Gasteiger partial charge in [0, 0.05) is 13.7 Å². The second-order valence-electron chi connectivity index (χ2n) is 3.28. The van der Waals surface area contributed by atoms with Crippen LogP contribution in [0.15, 0.2) is 0 Å². The van der Waals surface area contributed by atoms with Gasteiger partial charge in [-0.1, -0.05) is 39.0 Å². The van der Waals surface area contributed by atoms with Crippen LogP contribution in [-0.2, 0) is 9.47 Å². The number of hydrogen-bond acceptors (Lipinski definition) is 2. The lowest BCUT2D eigenvalue weighted by atomic mass is 10.1. The van der Waals surface area contributed by atoms with Gasteiger partial charge >= 0.3 is 0 Å². The lowest BCUT2D eigenvalue weighted by Gasteiger charge is -2.02. The van der Waals surface area contributed by atoms with Crippen molar-refractivity contribution in [2.75, 3.05) is 20.5 Å². The maximum atomic E-state index is 5.18. The Morgan fingerprint density at radius 3 is 2.38 bits per heavy atom. The number of unbranched alkanes of at least 4 members (excludes halogenated alkanes) is 6. The molecular weight excluding hydrogens is 164 g/mol. The van der Waals surface area contributed by atoms with E-state index in [1.807, 2.05) is 0 Å². The molecule has 0 aliphatic carbocycles. The number of hydrogen-bond donors (Lipinski definition) is 0. The largest absolute Gasteiger partial charge is 0.359 e. The van der Waals surface area contributed by atoms with Gasteiger partial charge in [-0.05, 0) is 12.8 Å². The van der Waals surface area contributed by atoms with Gasteiger partial charge in [-0.25, -0.2) is 0 Å². The van der Waals surface area contributed by atoms with E-state index in [0.29, 0.717) is 6.79 Å². The molecule has 0 aliphatic heterocycles. The summed E-state index contributed by atoms with van der Waals surface area (Å²) < 4.78 is 9.96. The predicted molar refractivity (Wildman–Crippen MR) is 55.5 cm³/mol. The molecule has 0 saturated heterocycles. The van der Waals surface area contributed by atoms with Gasteiger partial charge in [0.25, 0.3) is 0 Å². The van der Waals surface area contributed by atoms with E-state index < -0.39 is 0 Å². The summed E-state index contributed by atoms with van der Waals surface area (Å²) in [5, 5.41) is 0. The Bertz CT molecular complexity index is 74.2. The van der Waals surface area contributed by atoms with E-state index in [9.17, 15) is 0 Å². The van der Waals surface area contributed by atoms with Crippen LogP contribution in [-0.4, -0.2) is 20.5 Å². The van der Waals surface area contributed by atoms with Crippen molar-refractivity contribution in [1.82, 2.24) is 0 Å². The standard InChI is InChI=1S/C11H23O2/c1-3-4-5-6-7-8-9-10-13-11-12-2/h3H,4-11H2,1-2H3. The first-order valence-corrected chi connectivity index (χ1v) is 5.26. The molecule has 1 radical (unpaired) electrons. The van der Waals surface area contributed by atoms with Crippen LogP contribution in [0.3, 0.4) is 0 Å². The molecule has 2 nitrogen and oxygen atoms in total. The lowest BCUT2D eigenvalue weighted by Crippen LogP contribution is -1.98. The summed E-state index contributed by atoms with van der Waals surface area (Å²) in [5.41, 5.74) is 0. The van der Waals surface area contributed by atoms with Crippen molar-refractivity contribution in [3.8, 4) is 0 Å². The molecule has 0 aromatic heterocycles. The Morgan fingerprint density at radius 2 is 1.69 bits per heavy atom. The normalized spacial score (nSPS) is 10.6. The van der Waals surface area contributed by atoms with Gasteiger partial charge in [-0.15, -0.1) is 0 Å². The van der Waals surface area contributed by atoms with Gasteiger partial charge in [0.15, 0.2) is 0 Å². The van der Waals surface area contributed by atoms with Gasteiger partial charge < -0.3 is 9.47 Å². The van der Waals surface area contributed by atoms with Crippen LogP contribution < -0.4 is 0 Å². The van der Waals surface area contributed by atoms with E-state index in [0.717, 1.165) is 6.61 Å². The Morgan fingerprint density at radius 1 is 1.00 bits per heavy atom. The maximum Gasteiger partial charge on any atom is 0.146 e. The third-order valence-electron chi connectivity index (χ3n) is 1.98. The van der Waals surface area contributed by atoms with Crippen LogP contribution in [0.2, 0.25) is 0 Å².